The summed E-state index contributed by atoms with van der Waals surface area (Å²) in [5.41, 5.74) is 2.05. The summed E-state index contributed by atoms with van der Waals surface area (Å²) in [5.74, 6) is 0.397. The van der Waals surface area contributed by atoms with Gasteiger partial charge in [-0.1, -0.05) is 26.8 Å². The lowest BCUT2D eigenvalue weighted by Gasteiger charge is -2.20. The van der Waals surface area contributed by atoms with Crippen molar-refractivity contribution in [2.75, 3.05) is 13.1 Å². The molecule has 17 heavy (non-hydrogen) atoms. The van der Waals surface area contributed by atoms with Gasteiger partial charge in [0.1, 0.15) is 5.78 Å². The standard InChI is InChI=1S/C14H22N2O/c1-5-16(10-14(17)11(2)3)9-13-8-6-7-12(4)15-13/h6-8,11H,5,9-10H2,1-4H3. The molecule has 0 N–H and O–H groups in total. The number of ketones is 1. The molecule has 0 radical (unpaired) electrons. The monoisotopic (exact) mass is 234 g/mol. The Morgan fingerprint density at radius 2 is 2.12 bits per heavy atom. The van der Waals surface area contributed by atoms with Crippen LogP contribution in [0, 0.1) is 12.8 Å². The molecule has 1 rings (SSSR count). The van der Waals surface area contributed by atoms with Crippen molar-refractivity contribution in [3.8, 4) is 0 Å². The van der Waals surface area contributed by atoms with Gasteiger partial charge < -0.3 is 0 Å². The molecular formula is C14H22N2O. The largest absolute Gasteiger partial charge is 0.298 e. The SMILES string of the molecule is CCN(CC(=O)C(C)C)Cc1cccc(C)n1. The van der Waals surface area contributed by atoms with E-state index in [0.29, 0.717) is 12.3 Å². The second-order valence-corrected chi connectivity index (χ2v) is 4.69. The Morgan fingerprint density at radius 1 is 1.41 bits per heavy atom. The molecule has 1 aromatic heterocycles. The molecule has 0 atom stereocenters. The van der Waals surface area contributed by atoms with Crippen LogP contribution >= 0.6 is 0 Å². The van der Waals surface area contributed by atoms with Crippen molar-refractivity contribution in [2.24, 2.45) is 5.92 Å². The van der Waals surface area contributed by atoms with E-state index in [1.165, 1.54) is 0 Å². The molecule has 0 aromatic carbocycles. The Kier molecular flexibility index (Phi) is 5.29. The fourth-order valence-corrected chi connectivity index (χ4v) is 1.60. The molecule has 3 heteroatoms. The second-order valence-electron chi connectivity index (χ2n) is 4.69. The third-order valence-electron chi connectivity index (χ3n) is 2.80. The topological polar surface area (TPSA) is 33.2 Å². The molecule has 0 unspecified atom stereocenters. The first-order valence-corrected chi connectivity index (χ1v) is 6.20. The minimum absolute atomic E-state index is 0.106. The predicted molar refractivity (Wildman–Crippen MR) is 69.8 cm³/mol. The van der Waals surface area contributed by atoms with Crippen molar-refractivity contribution in [3.05, 3.63) is 29.6 Å². The maximum atomic E-state index is 11.7. The van der Waals surface area contributed by atoms with Gasteiger partial charge in [0.2, 0.25) is 0 Å². The molecular weight excluding hydrogens is 212 g/mol. The Balaban J connectivity index is 2.61. The number of hydrogen-bond acceptors (Lipinski definition) is 3. The van der Waals surface area contributed by atoms with Gasteiger partial charge in [-0.2, -0.15) is 0 Å². The molecule has 0 aliphatic carbocycles. The number of likely N-dealkylation sites (N-methyl/N-ethyl adjacent to an activating group) is 1. The van der Waals surface area contributed by atoms with Crippen LogP contribution in [-0.2, 0) is 11.3 Å². The van der Waals surface area contributed by atoms with E-state index in [0.717, 1.165) is 24.5 Å². The lowest BCUT2D eigenvalue weighted by Crippen LogP contribution is -2.31. The Bertz CT molecular complexity index is 374. The number of rotatable bonds is 6. The first kappa shape index (κ1) is 13.8. The lowest BCUT2D eigenvalue weighted by molar-refractivity contribution is -0.123. The Morgan fingerprint density at radius 3 is 2.65 bits per heavy atom. The summed E-state index contributed by atoms with van der Waals surface area (Å²) in [6, 6.07) is 6.00. The molecule has 1 aromatic rings. The molecule has 0 aliphatic heterocycles. The van der Waals surface area contributed by atoms with Crippen molar-refractivity contribution in [1.29, 1.82) is 0 Å². The first-order chi connectivity index (χ1) is 8.02. The number of aryl methyl sites for hydroxylation is 1. The van der Waals surface area contributed by atoms with Crippen LogP contribution in [0.4, 0.5) is 0 Å². The van der Waals surface area contributed by atoms with Crippen LogP contribution in [0.5, 0.6) is 0 Å². The Hall–Kier alpha value is -1.22. The number of Topliss-reactive ketones (excluding diaryl/α,β-unsaturated/α-hetero) is 1. The summed E-state index contributed by atoms with van der Waals surface area (Å²) in [6.07, 6.45) is 0. The zero-order chi connectivity index (χ0) is 12.8. The van der Waals surface area contributed by atoms with Crippen molar-refractivity contribution < 1.29 is 4.79 Å². The minimum atomic E-state index is 0.106. The summed E-state index contributed by atoms with van der Waals surface area (Å²) in [5, 5.41) is 0. The number of carbonyl (C=O) groups is 1. The van der Waals surface area contributed by atoms with Gasteiger partial charge in [0.25, 0.3) is 0 Å². The average Bonchev–Trinajstić information content (AvgIpc) is 2.27. The van der Waals surface area contributed by atoms with Crippen molar-refractivity contribution in [3.63, 3.8) is 0 Å². The van der Waals surface area contributed by atoms with Crippen LogP contribution in [0.3, 0.4) is 0 Å². The average molecular weight is 234 g/mol. The number of nitrogens with zero attached hydrogens (tertiary/aromatic N) is 2. The van der Waals surface area contributed by atoms with E-state index in [1.807, 2.05) is 39.0 Å². The molecule has 0 saturated heterocycles. The highest BCUT2D eigenvalue weighted by Crippen LogP contribution is 2.05. The van der Waals surface area contributed by atoms with Gasteiger partial charge in [0.15, 0.2) is 0 Å². The maximum absolute atomic E-state index is 11.7. The second kappa shape index (κ2) is 6.50. The predicted octanol–water partition coefficient (Wildman–Crippen LogP) is 2.44. The van der Waals surface area contributed by atoms with Gasteiger partial charge in [-0.05, 0) is 25.6 Å². The number of carbonyl (C=O) groups excluding carboxylic acids is 1. The molecule has 0 amide bonds. The van der Waals surface area contributed by atoms with Gasteiger partial charge in [0.05, 0.1) is 12.2 Å². The molecule has 3 nitrogen and oxygen atoms in total. The van der Waals surface area contributed by atoms with Crippen LogP contribution < -0.4 is 0 Å². The molecule has 0 bridgehead atoms. The lowest BCUT2D eigenvalue weighted by atomic mass is 10.1. The smallest absolute Gasteiger partial charge is 0.149 e. The molecule has 0 fully saturated rings. The van der Waals surface area contributed by atoms with Crippen molar-refractivity contribution in [2.45, 2.75) is 34.2 Å². The van der Waals surface area contributed by atoms with E-state index in [-0.39, 0.29) is 5.92 Å². The van der Waals surface area contributed by atoms with E-state index in [2.05, 4.69) is 16.8 Å². The highest BCUT2D eigenvalue weighted by Gasteiger charge is 2.13. The number of pyridine rings is 1. The van der Waals surface area contributed by atoms with Crippen LogP contribution in [0.25, 0.3) is 0 Å². The zero-order valence-electron chi connectivity index (χ0n) is 11.2. The fraction of sp³-hybridized carbons (Fsp3) is 0.571. The van der Waals surface area contributed by atoms with Gasteiger partial charge in [-0.15, -0.1) is 0 Å². The van der Waals surface area contributed by atoms with E-state index in [9.17, 15) is 4.79 Å². The first-order valence-electron chi connectivity index (χ1n) is 6.20. The molecule has 1 heterocycles. The molecule has 94 valence electrons. The third kappa shape index (κ3) is 4.65. The summed E-state index contributed by atoms with van der Waals surface area (Å²) in [4.78, 5) is 18.3. The minimum Gasteiger partial charge on any atom is -0.298 e. The maximum Gasteiger partial charge on any atom is 0.149 e. The molecule has 0 saturated carbocycles. The van der Waals surface area contributed by atoms with Crippen molar-refractivity contribution >= 4 is 5.78 Å². The summed E-state index contributed by atoms with van der Waals surface area (Å²) in [7, 11) is 0. The van der Waals surface area contributed by atoms with Crippen LogP contribution in [0.1, 0.15) is 32.2 Å². The normalized spacial score (nSPS) is 11.2. The van der Waals surface area contributed by atoms with E-state index in [1.54, 1.807) is 0 Å². The highest BCUT2D eigenvalue weighted by atomic mass is 16.1. The van der Waals surface area contributed by atoms with E-state index in [4.69, 9.17) is 0 Å². The summed E-state index contributed by atoms with van der Waals surface area (Å²) in [6.45, 7) is 10.1. The van der Waals surface area contributed by atoms with Gasteiger partial charge >= 0.3 is 0 Å². The summed E-state index contributed by atoms with van der Waals surface area (Å²) >= 11 is 0. The quantitative estimate of drug-likeness (QED) is 0.758. The van der Waals surface area contributed by atoms with Crippen LogP contribution in [0.15, 0.2) is 18.2 Å². The molecule has 0 spiro atoms. The number of aromatic nitrogens is 1. The number of hydrogen-bond donors (Lipinski definition) is 0. The zero-order valence-corrected chi connectivity index (χ0v) is 11.2. The van der Waals surface area contributed by atoms with E-state index >= 15 is 0 Å². The van der Waals surface area contributed by atoms with Crippen molar-refractivity contribution in [1.82, 2.24) is 9.88 Å². The van der Waals surface area contributed by atoms with Gasteiger partial charge in [0, 0.05) is 18.2 Å². The third-order valence-corrected chi connectivity index (χ3v) is 2.80. The van der Waals surface area contributed by atoms with Crippen LogP contribution in [-0.4, -0.2) is 28.8 Å². The van der Waals surface area contributed by atoms with Crippen LogP contribution in [0.2, 0.25) is 0 Å². The highest BCUT2D eigenvalue weighted by molar-refractivity contribution is 5.82. The molecule has 0 aliphatic rings. The van der Waals surface area contributed by atoms with E-state index < -0.39 is 0 Å². The fourth-order valence-electron chi connectivity index (χ4n) is 1.60. The van der Waals surface area contributed by atoms with Gasteiger partial charge in [-0.3, -0.25) is 14.7 Å². The Labute approximate surface area is 104 Å². The van der Waals surface area contributed by atoms with Gasteiger partial charge in [-0.25, -0.2) is 0 Å². The summed E-state index contributed by atoms with van der Waals surface area (Å²) < 4.78 is 0.